The van der Waals surface area contributed by atoms with Gasteiger partial charge in [0.1, 0.15) is 6.04 Å². The summed E-state index contributed by atoms with van der Waals surface area (Å²) in [5, 5.41) is 3.27. The molecule has 19 heavy (non-hydrogen) atoms. The number of hydrogen-bond acceptors (Lipinski definition) is 2. The molecule has 1 aromatic carbocycles. The maximum atomic E-state index is 11.6. The maximum Gasteiger partial charge on any atom is 0.239 e. The molecule has 0 aliphatic heterocycles. The highest BCUT2D eigenvalue weighted by Crippen LogP contribution is 2.24. The minimum absolute atomic E-state index is 0.116. The van der Waals surface area contributed by atoms with Gasteiger partial charge in [0.15, 0.2) is 0 Å². The van der Waals surface area contributed by atoms with Crippen LogP contribution in [0.15, 0.2) is 24.3 Å². The summed E-state index contributed by atoms with van der Waals surface area (Å²) >= 11 is 0. The standard InChI is InChI=1S/C16H26N2O/c1-6-11(2)18-14(15(17)19)12-7-9-13(10-8-12)16(3,4)5/h7-11,14,18H,6H2,1-5H3,(H2,17,19). The fraction of sp³-hybridized carbons (Fsp3) is 0.562. The van der Waals surface area contributed by atoms with Crippen LogP contribution in [0.3, 0.4) is 0 Å². The Morgan fingerprint density at radius 3 is 2.16 bits per heavy atom. The van der Waals surface area contributed by atoms with Crippen molar-refractivity contribution in [2.45, 2.75) is 58.5 Å². The van der Waals surface area contributed by atoms with Gasteiger partial charge < -0.3 is 5.73 Å². The van der Waals surface area contributed by atoms with Crippen LogP contribution >= 0.6 is 0 Å². The first-order chi connectivity index (χ1) is 8.75. The molecule has 3 nitrogen and oxygen atoms in total. The first-order valence-corrected chi connectivity index (χ1v) is 6.91. The van der Waals surface area contributed by atoms with Crippen LogP contribution in [0.2, 0.25) is 0 Å². The van der Waals surface area contributed by atoms with Crippen molar-refractivity contribution in [2.24, 2.45) is 5.73 Å². The van der Waals surface area contributed by atoms with Gasteiger partial charge in [-0.1, -0.05) is 52.0 Å². The molecule has 0 spiro atoms. The Hall–Kier alpha value is -1.35. The Labute approximate surface area is 116 Å². The van der Waals surface area contributed by atoms with Gasteiger partial charge in [0, 0.05) is 6.04 Å². The van der Waals surface area contributed by atoms with Gasteiger partial charge >= 0.3 is 0 Å². The zero-order chi connectivity index (χ0) is 14.6. The van der Waals surface area contributed by atoms with E-state index in [1.54, 1.807) is 0 Å². The summed E-state index contributed by atoms with van der Waals surface area (Å²) in [6.45, 7) is 10.7. The average molecular weight is 262 g/mol. The van der Waals surface area contributed by atoms with E-state index in [2.05, 4.69) is 52.1 Å². The molecule has 106 valence electrons. The van der Waals surface area contributed by atoms with Crippen LogP contribution in [0.25, 0.3) is 0 Å². The largest absolute Gasteiger partial charge is 0.368 e. The van der Waals surface area contributed by atoms with Gasteiger partial charge in [-0.15, -0.1) is 0 Å². The van der Waals surface area contributed by atoms with Gasteiger partial charge in [-0.25, -0.2) is 0 Å². The smallest absolute Gasteiger partial charge is 0.239 e. The Bertz CT molecular complexity index is 417. The number of nitrogens with one attached hydrogen (secondary N) is 1. The molecule has 1 amide bonds. The quantitative estimate of drug-likeness (QED) is 0.857. The van der Waals surface area contributed by atoms with Crippen molar-refractivity contribution in [3.63, 3.8) is 0 Å². The molecule has 0 saturated heterocycles. The first kappa shape index (κ1) is 15.7. The fourth-order valence-electron chi connectivity index (χ4n) is 1.92. The van der Waals surface area contributed by atoms with Crippen molar-refractivity contribution in [1.82, 2.24) is 5.32 Å². The monoisotopic (exact) mass is 262 g/mol. The SMILES string of the molecule is CCC(C)NC(C(N)=O)c1ccc(C(C)(C)C)cc1. The van der Waals surface area contributed by atoms with Gasteiger partial charge in [0.2, 0.25) is 5.91 Å². The highest BCUT2D eigenvalue weighted by Gasteiger charge is 2.20. The first-order valence-electron chi connectivity index (χ1n) is 6.91. The van der Waals surface area contributed by atoms with E-state index in [1.807, 2.05) is 12.1 Å². The molecule has 1 rings (SSSR count). The van der Waals surface area contributed by atoms with E-state index >= 15 is 0 Å². The van der Waals surface area contributed by atoms with Crippen molar-refractivity contribution in [2.75, 3.05) is 0 Å². The minimum Gasteiger partial charge on any atom is -0.368 e. The van der Waals surface area contributed by atoms with Crippen LogP contribution in [0.5, 0.6) is 0 Å². The van der Waals surface area contributed by atoms with Gasteiger partial charge in [-0.05, 0) is 29.9 Å². The normalized spacial score (nSPS) is 15.0. The third kappa shape index (κ3) is 4.35. The molecule has 1 aromatic rings. The molecule has 0 fully saturated rings. The molecular weight excluding hydrogens is 236 g/mol. The number of carbonyl (C=O) groups excluding carboxylic acids is 1. The van der Waals surface area contributed by atoms with Crippen molar-refractivity contribution >= 4 is 5.91 Å². The van der Waals surface area contributed by atoms with Crippen molar-refractivity contribution in [1.29, 1.82) is 0 Å². The molecule has 0 aromatic heterocycles. The lowest BCUT2D eigenvalue weighted by Crippen LogP contribution is -2.38. The number of amides is 1. The third-order valence-corrected chi connectivity index (χ3v) is 3.46. The van der Waals surface area contributed by atoms with Crippen LogP contribution in [0.1, 0.15) is 58.2 Å². The summed E-state index contributed by atoms with van der Waals surface area (Å²) in [5.41, 5.74) is 7.79. The van der Waals surface area contributed by atoms with E-state index in [-0.39, 0.29) is 17.4 Å². The maximum absolute atomic E-state index is 11.6. The Kier molecular flexibility index (Phi) is 5.12. The predicted octanol–water partition coefficient (Wildman–Crippen LogP) is 2.90. The molecule has 2 atom stereocenters. The van der Waals surface area contributed by atoms with Crippen LogP contribution in [0.4, 0.5) is 0 Å². The number of nitrogens with two attached hydrogens (primary N) is 1. The van der Waals surface area contributed by atoms with Gasteiger partial charge in [0.05, 0.1) is 0 Å². The van der Waals surface area contributed by atoms with Crippen molar-refractivity contribution in [3.8, 4) is 0 Å². The average Bonchev–Trinajstić information content (AvgIpc) is 2.34. The van der Waals surface area contributed by atoms with Crippen LogP contribution < -0.4 is 11.1 Å². The highest BCUT2D eigenvalue weighted by molar-refractivity contribution is 5.81. The number of hydrogen-bond donors (Lipinski definition) is 2. The van der Waals surface area contributed by atoms with Crippen molar-refractivity contribution < 1.29 is 4.79 Å². The Balaban J connectivity index is 2.95. The molecule has 0 saturated carbocycles. The van der Waals surface area contributed by atoms with E-state index in [4.69, 9.17) is 5.73 Å². The third-order valence-electron chi connectivity index (χ3n) is 3.46. The molecule has 0 aliphatic carbocycles. The minimum atomic E-state index is -0.413. The zero-order valence-corrected chi connectivity index (χ0v) is 12.7. The van der Waals surface area contributed by atoms with Crippen LogP contribution in [-0.4, -0.2) is 11.9 Å². The van der Waals surface area contributed by atoms with E-state index in [1.165, 1.54) is 5.56 Å². The second kappa shape index (κ2) is 6.20. The van der Waals surface area contributed by atoms with Gasteiger partial charge in [-0.3, -0.25) is 10.1 Å². The molecule has 0 heterocycles. The summed E-state index contributed by atoms with van der Waals surface area (Å²) in [7, 11) is 0. The van der Waals surface area contributed by atoms with E-state index < -0.39 is 6.04 Å². The molecule has 0 aliphatic rings. The topological polar surface area (TPSA) is 55.1 Å². The summed E-state index contributed by atoms with van der Waals surface area (Å²) in [5.74, 6) is -0.330. The van der Waals surface area contributed by atoms with E-state index in [0.29, 0.717) is 0 Å². The van der Waals surface area contributed by atoms with Gasteiger partial charge in [0.25, 0.3) is 0 Å². The molecule has 0 bridgehead atoms. The second-order valence-electron chi connectivity index (χ2n) is 6.18. The lowest BCUT2D eigenvalue weighted by Gasteiger charge is -2.23. The van der Waals surface area contributed by atoms with Gasteiger partial charge in [-0.2, -0.15) is 0 Å². The van der Waals surface area contributed by atoms with Crippen LogP contribution in [-0.2, 0) is 10.2 Å². The summed E-state index contributed by atoms with van der Waals surface area (Å²) in [6, 6.07) is 7.98. The predicted molar refractivity (Wildman–Crippen MR) is 80.0 cm³/mol. The molecule has 0 radical (unpaired) electrons. The molecule has 3 heteroatoms. The van der Waals surface area contributed by atoms with Crippen LogP contribution in [0, 0.1) is 0 Å². The lowest BCUT2D eigenvalue weighted by atomic mass is 9.86. The fourth-order valence-corrected chi connectivity index (χ4v) is 1.92. The molecule has 3 N–H and O–H groups in total. The van der Waals surface area contributed by atoms with E-state index in [0.717, 1.165) is 12.0 Å². The second-order valence-corrected chi connectivity index (χ2v) is 6.18. The lowest BCUT2D eigenvalue weighted by molar-refractivity contribution is -0.120. The summed E-state index contributed by atoms with van der Waals surface area (Å²) in [4.78, 5) is 11.6. The number of rotatable bonds is 5. The Morgan fingerprint density at radius 1 is 1.26 bits per heavy atom. The summed E-state index contributed by atoms with van der Waals surface area (Å²) in [6.07, 6.45) is 0.962. The number of carbonyl (C=O) groups is 1. The summed E-state index contributed by atoms with van der Waals surface area (Å²) < 4.78 is 0. The molecule has 2 unspecified atom stereocenters. The zero-order valence-electron chi connectivity index (χ0n) is 12.7. The number of benzene rings is 1. The number of primary amides is 1. The Morgan fingerprint density at radius 2 is 1.79 bits per heavy atom. The van der Waals surface area contributed by atoms with E-state index in [9.17, 15) is 4.79 Å². The highest BCUT2D eigenvalue weighted by atomic mass is 16.1. The molecular formula is C16H26N2O. The van der Waals surface area contributed by atoms with Crippen molar-refractivity contribution in [3.05, 3.63) is 35.4 Å².